The average molecular weight is 399 g/mol. The highest BCUT2D eigenvalue weighted by atomic mass is 79.9. The van der Waals surface area contributed by atoms with Gasteiger partial charge in [0.15, 0.2) is 16.4 Å². The molecule has 110 valence electrons. The third kappa shape index (κ3) is 3.71. The van der Waals surface area contributed by atoms with Crippen LogP contribution in [0.5, 0.6) is 0 Å². The van der Waals surface area contributed by atoms with Crippen LogP contribution in [0.1, 0.15) is 20.4 Å². The molecule has 0 spiro atoms. The Morgan fingerprint density at radius 1 is 1.52 bits per heavy atom. The van der Waals surface area contributed by atoms with Crippen LogP contribution in [0.2, 0.25) is 0 Å². The number of halogens is 5. The minimum Gasteiger partial charge on any atom is -0.267 e. The summed E-state index contributed by atoms with van der Waals surface area (Å²) in [7, 11) is 0. The Kier molecular flexibility index (Phi) is 4.53. The lowest BCUT2D eigenvalue weighted by molar-refractivity contribution is -0.141. The highest BCUT2D eigenvalue weighted by Crippen LogP contribution is 2.34. The number of thiazole rings is 1. The molecule has 3 nitrogen and oxygen atoms in total. The maximum absolute atomic E-state index is 12.8. The largest absolute Gasteiger partial charge is 0.435 e. The predicted molar refractivity (Wildman–Crippen MR) is 77.0 cm³/mol. The number of carbonyl (C=O) groups excluding carboxylic acids is 1. The fourth-order valence-electron chi connectivity index (χ4n) is 1.50. The minimum absolute atomic E-state index is 0.157. The number of hydrogen-bond donors (Lipinski definition) is 1. The van der Waals surface area contributed by atoms with Gasteiger partial charge in [0.2, 0.25) is 4.48 Å². The van der Waals surface area contributed by atoms with Gasteiger partial charge in [0.25, 0.3) is 5.91 Å². The Balaban J connectivity index is 2.33. The number of nitrogens with zero attached hydrogens (tertiary/aromatic N) is 1. The van der Waals surface area contributed by atoms with Crippen molar-refractivity contribution >= 4 is 44.8 Å². The summed E-state index contributed by atoms with van der Waals surface area (Å²) in [5.74, 6) is -0.899. The molecular weight excluding hydrogens is 393 g/mol. The van der Waals surface area contributed by atoms with Gasteiger partial charge in [0.05, 0.1) is 17.2 Å². The molecule has 0 fully saturated rings. The fraction of sp³-hybridized carbons (Fsp3) is 0.167. The first-order valence-corrected chi connectivity index (χ1v) is 7.40. The first kappa shape index (κ1) is 16.2. The van der Waals surface area contributed by atoms with Gasteiger partial charge in [-0.3, -0.25) is 10.1 Å². The van der Waals surface area contributed by atoms with E-state index in [0.29, 0.717) is 20.9 Å². The van der Waals surface area contributed by atoms with Crippen LogP contribution in [0.15, 0.2) is 27.4 Å². The van der Waals surface area contributed by atoms with Crippen LogP contribution in [-0.4, -0.2) is 10.9 Å². The molecule has 0 atom stereocenters. The number of aryl methyl sites for hydroxylation is 1. The molecule has 9 heteroatoms. The number of alkyl halides is 3. The summed E-state index contributed by atoms with van der Waals surface area (Å²) >= 11 is 9.57. The van der Waals surface area contributed by atoms with Crippen LogP contribution in [0.25, 0.3) is 0 Å². The topological polar surface area (TPSA) is 42.0 Å². The highest BCUT2D eigenvalue weighted by Gasteiger charge is 2.39. The second kappa shape index (κ2) is 5.88. The van der Waals surface area contributed by atoms with Gasteiger partial charge in [-0.2, -0.15) is 13.2 Å². The molecule has 0 saturated carbocycles. The molecule has 1 heterocycles. The van der Waals surface area contributed by atoms with E-state index < -0.39 is 22.7 Å². The van der Waals surface area contributed by atoms with Crippen molar-refractivity contribution in [2.24, 2.45) is 0 Å². The number of aromatic nitrogens is 1. The molecule has 1 N–H and O–H groups in total. The zero-order chi connectivity index (χ0) is 15.8. The van der Waals surface area contributed by atoms with Crippen LogP contribution >= 0.6 is 38.9 Å². The van der Waals surface area contributed by atoms with Gasteiger partial charge >= 0.3 is 6.18 Å². The Bertz CT molecular complexity index is 691. The zero-order valence-electron chi connectivity index (χ0n) is 10.3. The SMILES string of the molecule is Cc1nc(C(F)(F)F)c(C(=O)NC2=C(Br)[C+]=CC(Cl)=C2)s1. The van der Waals surface area contributed by atoms with Gasteiger partial charge in [-0.25, -0.2) is 4.98 Å². The quantitative estimate of drug-likeness (QED) is 0.755. The molecule has 0 radical (unpaired) electrons. The second-order valence-corrected chi connectivity index (χ2v) is 6.34. The summed E-state index contributed by atoms with van der Waals surface area (Å²) in [5, 5.41) is 2.82. The lowest BCUT2D eigenvalue weighted by Gasteiger charge is -2.06. The lowest BCUT2D eigenvalue weighted by Crippen LogP contribution is -2.25. The molecule has 1 aliphatic carbocycles. The van der Waals surface area contributed by atoms with E-state index >= 15 is 0 Å². The van der Waals surface area contributed by atoms with E-state index in [0.717, 1.165) is 0 Å². The highest BCUT2D eigenvalue weighted by molar-refractivity contribution is 9.11. The first-order chi connectivity index (χ1) is 9.68. The Hall–Kier alpha value is -1.21. The van der Waals surface area contributed by atoms with Gasteiger partial charge in [0.1, 0.15) is 11.0 Å². The smallest absolute Gasteiger partial charge is 0.267 e. The molecule has 1 aliphatic rings. The van der Waals surface area contributed by atoms with E-state index in [1.165, 1.54) is 19.1 Å². The first-order valence-electron chi connectivity index (χ1n) is 5.41. The molecule has 1 aromatic rings. The summed E-state index contributed by atoms with van der Waals surface area (Å²) in [4.78, 5) is 14.9. The van der Waals surface area contributed by atoms with Crippen molar-refractivity contribution < 1.29 is 18.0 Å². The van der Waals surface area contributed by atoms with E-state index in [1.807, 2.05) is 0 Å². The molecule has 0 bridgehead atoms. The Morgan fingerprint density at radius 3 is 2.81 bits per heavy atom. The van der Waals surface area contributed by atoms with Crippen molar-refractivity contribution in [1.29, 1.82) is 0 Å². The van der Waals surface area contributed by atoms with Crippen molar-refractivity contribution in [2.45, 2.75) is 13.1 Å². The summed E-state index contributed by atoms with van der Waals surface area (Å²) < 4.78 is 38.9. The molecule has 0 aromatic carbocycles. The summed E-state index contributed by atoms with van der Waals surface area (Å²) in [6.07, 6.45) is 0.887. The third-order valence-electron chi connectivity index (χ3n) is 2.31. The molecule has 2 rings (SSSR count). The van der Waals surface area contributed by atoms with Crippen molar-refractivity contribution in [3.8, 4) is 0 Å². The van der Waals surface area contributed by atoms with Crippen LogP contribution in [0.3, 0.4) is 0 Å². The van der Waals surface area contributed by atoms with E-state index in [-0.39, 0.29) is 10.7 Å². The van der Waals surface area contributed by atoms with Gasteiger partial charge in [0, 0.05) is 11.6 Å². The number of allylic oxidation sites excluding steroid dienone is 5. The van der Waals surface area contributed by atoms with Crippen LogP contribution in [-0.2, 0) is 6.18 Å². The average Bonchev–Trinajstić information content (AvgIpc) is 2.76. The zero-order valence-corrected chi connectivity index (χ0v) is 13.5. The molecule has 0 aliphatic heterocycles. The molecule has 1 aromatic heterocycles. The summed E-state index contributed by atoms with van der Waals surface area (Å²) in [5.41, 5.74) is -0.962. The van der Waals surface area contributed by atoms with Crippen LogP contribution in [0.4, 0.5) is 13.2 Å². The van der Waals surface area contributed by atoms with Crippen molar-refractivity contribution in [3.63, 3.8) is 0 Å². The van der Waals surface area contributed by atoms with E-state index in [9.17, 15) is 18.0 Å². The normalized spacial score (nSPS) is 14.9. The number of carbonyl (C=O) groups is 1. The summed E-state index contributed by atoms with van der Waals surface area (Å²) in [6, 6.07) is 0. The molecule has 1 amide bonds. The van der Waals surface area contributed by atoms with Crippen LogP contribution < -0.4 is 5.32 Å². The number of nitrogens with one attached hydrogen (secondary N) is 1. The second-order valence-electron chi connectivity index (χ2n) is 3.91. The van der Waals surface area contributed by atoms with Crippen molar-refractivity contribution in [3.05, 3.63) is 49.0 Å². The minimum atomic E-state index is -4.69. The molecule has 0 unspecified atom stereocenters. The number of amides is 1. The van der Waals surface area contributed by atoms with Gasteiger partial charge in [-0.1, -0.05) is 0 Å². The molecule has 0 saturated heterocycles. The Morgan fingerprint density at radius 2 is 2.19 bits per heavy atom. The molecular formula is C12H6BrClF3N2OS+. The van der Waals surface area contributed by atoms with Crippen molar-refractivity contribution in [1.82, 2.24) is 10.3 Å². The van der Waals surface area contributed by atoms with Gasteiger partial charge in [-0.15, -0.1) is 11.3 Å². The van der Waals surface area contributed by atoms with Gasteiger partial charge in [-0.05, 0) is 22.9 Å². The van der Waals surface area contributed by atoms with Gasteiger partial charge < -0.3 is 0 Å². The van der Waals surface area contributed by atoms with E-state index in [2.05, 4.69) is 32.3 Å². The number of rotatable bonds is 2. The van der Waals surface area contributed by atoms with E-state index in [1.54, 1.807) is 0 Å². The Labute approximate surface area is 135 Å². The third-order valence-corrected chi connectivity index (χ3v) is 4.16. The monoisotopic (exact) mass is 397 g/mol. The summed E-state index contributed by atoms with van der Waals surface area (Å²) in [6.45, 7) is 1.40. The van der Waals surface area contributed by atoms with Crippen molar-refractivity contribution in [2.75, 3.05) is 0 Å². The maximum Gasteiger partial charge on any atom is 0.435 e. The number of hydrogen-bond acceptors (Lipinski definition) is 3. The lowest BCUT2D eigenvalue weighted by atomic mass is 10.2. The van der Waals surface area contributed by atoms with Crippen LogP contribution in [0, 0.1) is 13.0 Å². The molecule has 21 heavy (non-hydrogen) atoms. The predicted octanol–water partition coefficient (Wildman–Crippen LogP) is 4.30. The fourth-order valence-corrected chi connectivity index (χ4v) is 2.82. The van der Waals surface area contributed by atoms with E-state index in [4.69, 9.17) is 11.6 Å². The standard InChI is InChI=1S/C12H5BrClF3N2OS/c1-5-18-10(12(15,16)17)9(21-5)11(20)19-8-4-6(14)2-3-7(8)13/h2,4H,1H3/p+1. The maximum atomic E-state index is 12.8.